The van der Waals surface area contributed by atoms with Gasteiger partial charge in [-0.1, -0.05) is 12.1 Å². The highest BCUT2D eigenvalue weighted by molar-refractivity contribution is 5.24. The molecule has 100 valence electrons. The Kier molecular flexibility index (Phi) is 4.69. The van der Waals surface area contributed by atoms with Crippen LogP contribution in [0.1, 0.15) is 24.0 Å². The van der Waals surface area contributed by atoms with Gasteiger partial charge in [0.15, 0.2) is 0 Å². The largest absolute Gasteiger partial charge is 0.396 e. The fourth-order valence-corrected chi connectivity index (χ4v) is 2.56. The summed E-state index contributed by atoms with van der Waals surface area (Å²) in [6.45, 7) is 3.22. The maximum absolute atomic E-state index is 13.8. The summed E-state index contributed by atoms with van der Waals surface area (Å²) in [5, 5.41) is 8.91. The molecule has 1 aliphatic rings. The van der Waals surface area contributed by atoms with E-state index in [2.05, 4.69) is 4.90 Å². The summed E-state index contributed by atoms with van der Waals surface area (Å²) in [7, 11) is 0. The van der Waals surface area contributed by atoms with E-state index in [1.807, 2.05) is 12.1 Å². The molecule has 0 spiro atoms. The van der Waals surface area contributed by atoms with Crippen LogP contribution < -0.4 is 5.73 Å². The van der Waals surface area contributed by atoms with Gasteiger partial charge in [0.05, 0.1) is 0 Å². The first kappa shape index (κ1) is 13.5. The van der Waals surface area contributed by atoms with Crippen LogP contribution in [0.25, 0.3) is 0 Å². The number of likely N-dealkylation sites (tertiary alicyclic amines) is 1. The molecule has 1 atom stereocenters. The second-order valence-electron chi connectivity index (χ2n) is 5.03. The second-order valence-corrected chi connectivity index (χ2v) is 5.03. The Balaban J connectivity index is 1.94. The fourth-order valence-electron chi connectivity index (χ4n) is 2.56. The first-order valence-electron chi connectivity index (χ1n) is 6.53. The highest BCUT2D eigenvalue weighted by atomic mass is 19.1. The minimum Gasteiger partial charge on any atom is -0.396 e. The predicted octanol–water partition coefficient (Wildman–Crippen LogP) is 1.49. The molecule has 1 fully saturated rings. The monoisotopic (exact) mass is 252 g/mol. The minimum absolute atomic E-state index is 0.163. The van der Waals surface area contributed by atoms with Crippen molar-refractivity contribution in [1.82, 2.24) is 4.90 Å². The Morgan fingerprint density at radius 3 is 2.94 bits per heavy atom. The van der Waals surface area contributed by atoms with Crippen LogP contribution >= 0.6 is 0 Å². The van der Waals surface area contributed by atoms with Gasteiger partial charge >= 0.3 is 0 Å². The Labute approximate surface area is 107 Å². The lowest BCUT2D eigenvalue weighted by Crippen LogP contribution is -2.21. The second kappa shape index (κ2) is 6.27. The molecule has 0 bridgehead atoms. The fraction of sp³-hybridized carbons (Fsp3) is 0.571. The van der Waals surface area contributed by atoms with Gasteiger partial charge in [0, 0.05) is 31.8 Å². The van der Waals surface area contributed by atoms with Gasteiger partial charge in [-0.2, -0.15) is 0 Å². The van der Waals surface area contributed by atoms with Crippen molar-refractivity contribution < 1.29 is 9.50 Å². The van der Waals surface area contributed by atoms with Gasteiger partial charge in [-0.3, -0.25) is 4.90 Å². The SMILES string of the molecule is NCc1ccc(CN2CCC(CCO)C2)c(F)c1. The normalized spacial score (nSPS) is 20.5. The topological polar surface area (TPSA) is 49.5 Å². The van der Waals surface area contributed by atoms with Crippen molar-refractivity contribution >= 4 is 0 Å². The van der Waals surface area contributed by atoms with Crippen LogP contribution in [0, 0.1) is 11.7 Å². The van der Waals surface area contributed by atoms with Crippen LogP contribution in [0.5, 0.6) is 0 Å². The van der Waals surface area contributed by atoms with E-state index >= 15 is 0 Å². The molecule has 0 aromatic heterocycles. The van der Waals surface area contributed by atoms with E-state index in [-0.39, 0.29) is 12.4 Å². The number of aliphatic hydroxyl groups excluding tert-OH is 1. The Morgan fingerprint density at radius 2 is 2.28 bits per heavy atom. The van der Waals surface area contributed by atoms with Crippen LogP contribution in [0.3, 0.4) is 0 Å². The number of hydrogen-bond donors (Lipinski definition) is 2. The summed E-state index contributed by atoms with van der Waals surface area (Å²) >= 11 is 0. The zero-order valence-corrected chi connectivity index (χ0v) is 10.6. The standard InChI is InChI=1S/C14H21FN2O/c15-14-7-12(8-16)1-2-13(14)10-17-5-3-11(9-17)4-6-18/h1-2,7,11,18H,3-6,8-10,16H2. The van der Waals surface area contributed by atoms with E-state index in [1.54, 1.807) is 0 Å². The van der Waals surface area contributed by atoms with Gasteiger partial charge in [0.1, 0.15) is 5.82 Å². The third-order valence-corrected chi connectivity index (χ3v) is 3.65. The van der Waals surface area contributed by atoms with Gasteiger partial charge in [-0.25, -0.2) is 4.39 Å². The van der Waals surface area contributed by atoms with Crippen LogP contribution in [-0.2, 0) is 13.1 Å². The quantitative estimate of drug-likeness (QED) is 0.834. The highest BCUT2D eigenvalue weighted by Crippen LogP contribution is 2.22. The van der Waals surface area contributed by atoms with E-state index < -0.39 is 0 Å². The molecule has 1 unspecified atom stereocenters. The molecular formula is C14H21FN2O. The number of benzene rings is 1. The minimum atomic E-state index is -0.163. The molecule has 3 nitrogen and oxygen atoms in total. The summed E-state index contributed by atoms with van der Waals surface area (Å²) in [6, 6.07) is 5.24. The van der Waals surface area contributed by atoms with Gasteiger partial charge in [-0.05, 0) is 36.9 Å². The van der Waals surface area contributed by atoms with E-state index in [9.17, 15) is 4.39 Å². The number of nitrogens with zero attached hydrogens (tertiary/aromatic N) is 1. The molecule has 0 amide bonds. The van der Waals surface area contributed by atoms with E-state index in [0.717, 1.165) is 37.1 Å². The number of rotatable bonds is 5. The van der Waals surface area contributed by atoms with Crippen LogP contribution in [0.15, 0.2) is 18.2 Å². The molecule has 0 saturated carbocycles. The third kappa shape index (κ3) is 3.28. The molecule has 3 N–H and O–H groups in total. The number of aliphatic hydroxyl groups is 1. The smallest absolute Gasteiger partial charge is 0.128 e. The molecular weight excluding hydrogens is 231 g/mol. The molecule has 0 aliphatic carbocycles. The van der Waals surface area contributed by atoms with Gasteiger partial charge < -0.3 is 10.8 Å². The lowest BCUT2D eigenvalue weighted by atomic mass is 10.1. The first-order valence-corrected chi connectivity index (χ1v) is 6.53. The van der Waals surface area contributed by atoms with Crippen LogP contribution in [0.2, 0.25) is 0 Å². The summed E-state index contributed by atoms with van der Waals surface area (Å²) in [5.74, 6) is 0.393. The third-order valence-electron chi connectivity index (χ3n) is 3.65. The maximum atomic E-state index is 13.8. The highest BCUT2D eigenvalue weighted by Gasteiger charge is 2.22. The summed E-state index contributed by atoms with van der Waals surface area (Å²) in [6.07, 6.45) is 1.95. The summed E-state index contributed by atoms with van der Waals surface area (Å²) in [5.41, 5.74) is 7.05. The Bertz CT molecular complexity index is 397. The lowest BCUT2D eigenvalue weighted by Gasteiger charge is -2.16. The molecule has 1 aromatic carbocycles. The first-order chi connectivity index (χ1) is 8.72. The van der Waals surface area contributed by atoms with Crippen molar-refractivity contribution in [3.8, 4) is 0 Å². The van der Waals surface area contributed by atoms with Gasteiger partial charge in [0.25, 0.3) is 0 Å². The maximum Gasteiger partial charge on any atom is 0.128 e. The van der Waals surface area contributed by atoms with Gasteiger partial charge in [0.2, 0.25) is 0 Å². The van der Waals surface area contributed by atoms with Crippen molar-refractivity contribution in [2.75, 3.05) is 19.7 Å². The lowest BCUT2D eigenvalue weighted by molar-refractivity contribution is 0.248. The van der Waals surface area contributed by atoms with Crippen molar-refractivity contribution in [3.63, 3.8) is 0 Å². The number of halogens is 1. The predicted molar refractivity (Wildman–Crippen MR) is 69.4 cm³/mol. The average molecular weight is 252 g/mol. The van der Waals surface area contributed by atoms with E-state index in [4.69, 9.17) is 10.8 Å². The van der Waals surface area contributed by atoms with E-state index in [0.29, 0.717) is 19.0 Å². The van der Waals surface area contributed by atoms with Crippen LogP contribution in [0.4, 0.5) is 4.39 Å². The van der Waals surface area contributed by atoms with Crippen LogP contribution in [-0.4, -0.2) is 29.7 Å². The molecule has 1 aromatic rings. The molecule has 2 rings (SSSR count). The van der Waals surface area contributed by atoms with E-state index in [1.165, 1.54) is 6.07 Å². The number of hydrogen-bond acceptors (Lipinski definition) is 3. The summed E-state index contributed by atoms with van der Waals surface area (Å²) in [4.78, 5) is 2.25. The zero-order chi connectivity index (χ0) is 13.0. The number of nitrogens with two attached hydrogens (primary N) is 1. The summed E-state index contributed by atoms with van der Waals surface area (Å²) < 4.78 is 13.8. The molecule has 1 heterocycles. The van der Waals surface area contributed by atoms with Crippen molar-refractivity contribution in [2.45, 2.75) is 25.9 Å². The van der Waals surface area contributed by atoms with Crippen molar-refractivity contribution in [2.24, 2.45) is 11.7 Å². The molecule has 1 aliphatic heterocycles. The Hall–Kier alpha value is -0.970. The Morgan fingerprint density at radius 1 is 1.44 bits per heavy atom. The van der Waals surface area contributed by atoms with Crippen molar-refractivity contribution in [3.05, 3.63) is 35.1 Å². The molecule has 18 heavy (non-hydrogen) atoms. The van der Waals surface area contributed by atoms with Crippen molar-refractivity contribution in [1.29, 1.82) is 0 Å². The molecule has 1 saturated heterocycles. The molecule has 0 radical (unpaired) electrons. The average Bonchev–Trinajstić information content (AvgIpc) is 2.80. The zero-order valence-electron chi connectivity index (χ0n) is 10.6. The van der Waals surface area contributed by atoms with Gasteiger partial charge in [-0.15, -0.1) is 0 Å². The molecule has 4 heteroatoms.